The minimum absolute atomic E-state index is 0. The lowest BCUT2D eigenvalue weighted by Gasteiger charge is -2.13. The molecule has 0 amide bonds. The van der Waals surface area contributed by atoms with Gasteiger partial charge in [0.25, 0.3) is 0 Å². The lowest BCUT2D eigenvalue weighted by molar-refractivity contribution is 0.555. The van der Waals surface area contributed by atoms with Crippen molar-refractivity contribution in [1.29, 1.82) is 0 Å². The Morgan fingerprint density at radius 2 is 1.96 bits per heavy atom. The van der Waals surface area contributed by atoms with Crippen molar-refractivity contribution in [3.63, 3.8) is 0 Å². The predicted octanol–water partition coefficient (Wildman–Crippen LogP) is 4.18. The molecule has 138 valence electrons. The van der Waals surface area contributed by atoms with Crippen LogP contribution >= 0.6 is 47.2 Å². The number of aromatic nitrogens is 2. The van der Waals surface area contributed by atoms with Crippen molar-refractivity contribution >= 4 is 53.1 Å². The Bertz CT molecular complexity index is 715. The zero-order valence-corrected chi connectivity index (χ0v) is 18.5. The fourth-order valence-corrected chi connectivity index (χ4v) is 2.88. The number of benzene rings is 1. The first kappa shape index (κ1) is 22.1. The summed E-state index contributed by atoms with van der Waals surface area (Å²) in [5, 5.41) is 12.3. The van der Waals surface area contributed by atoms with E-state index in [1.807, 2.05) is 23.7 Å². The monoisotopic (exact) mass is 495 g/mol. The number of guanidine groups is 1. The smallest absolute Gasteiger partial charge is 0.191 e. The second-order valence-corrected chi connectivity index (χ2v) is 6.44. The highest BCUT2D eigenvalue weighted by Crippen LogP contribution is 2.20. The second kappa shape index (κ2) is 10.9. The molecule has 0 aliphatic rings. The molecular weight excluding hydrogens is 472 g/mol. The van der Waals surface area contributed by atoms with Gasteiger partial charge in [0.15, 0.2) is 5.96 Å². The van der Waals surface area contributed by atoms with Gasteiger partial charge in [0.05, 0.1) is 5.69 Å². The van der Waals surface area contributed by atoms with Crippen molar-refractivity contribution < 1.29 is 0 Å². The van der Waals surface area contributed by atoms with E-state index >= 15 is 0 Å². The number of hydrogen-bond donors (Lipinski definition) is 2. The largest absolute Gasteiger partial charge is 0.356 e. The van der Waals surface area contributed by atoms with Gasteiger partial charge in [-0.2, -0.15) is 5.10 Å². The molecule has 0 bridgehead atoms. The van der Waals surface area contributed by atoms with Crippen LogP contribution in [0.2, 0.25) is 10.0 Å². The van der Waals surface area contributed by atoms with E-state index in [0.29, 0.717) is 16.6 Å². The minimum atomic E-state index is 0. The third-order valence-corrected chi connectivity index (χ3v) is 4.21. The molecule has 0 aliphatic heterocycles. The van der Waals surface area contributed by atoms with Crippen LogP contribution in [0.25, 0.3) is 0 Å². The number of rotatable bonds is 6. The van der Waals surface area contributed by atoms with Crippen LogP contribution in [0.15, 0.2) is 29.3 Å². The summed E-state index contributed by atoms with van der Waals surface area (Å²) in [4.78, 5) is 4.22. The lowest BCUT2D eigenvalue weighted by Crippen LogP contribution is -2.37. The van der Waals surface area contributed by atoms with Crippen LogP contribution in [0, 0.1) is 13.8 Å². The summed E-state index contributed by atoms with van der Waals surface area (Å²) in [6.45, 7) is 6.37. The SMILES string of the molecule is CN=C(NCCCn1nc(C)cc1C)NCc1ccc(Cl)cc1Cl.I. The normalized spacial score (nSPS) is 11.2. The summed E-state index contributed by atoms with van der Waals surface area (Å²) in [6.07, 6.45) is 0.963. The van der Waals surface area contributed by atoms with Crippen molar-refractivity contribution in [2.24, 2.45) is 4.99 Å². The summed E-state index contributed by atoms with van der Waals surface area (Å²) < 4.78 is 2.03. The van der Waals surface area contributed by atoms with Crippen LogP contribution in [0.4, 0.5) is 0 Å². The Morgan fingerprint density at radius 3 is 2.56 bits per heavy atom. The molecule has 0 aliphatic carbocycles. The number of hydrogen-bond acceptors (Lipinski definition) is 2. The molecule has 0 atom stereocenters. The Labute approximate surface area is 176 Å². The molecule has 25 heavy (non-hydrogen) atoms. The highest BCUT2D eigenvalue weighted by atomic mass is 127. The van der Waals surface area contributed by atoms with E-state index in [4.69, 9.17) is 23.2 Å². The van der Waals surface area contributed by atoms with Crippen molar-refractivity contribution in [2.75, 3.05) is 13.6 Å². The van der Waals surface area contributed by atoms with Gasteiger partial charge in [-0.15, -0.1) is 24.0 Å². The van der Waals surface area contributed by atoms with Crippen molar-refractivity contribution in [3.8, 4) is 0 Å². The van der Waals surface area contributed by atoms with E-state index < -0.39 is 0 Å². The molecule has 0 unspecified atom stereocenters. The quantitative estimate of drug-likeness (QED) is 0.273. The summed E-state index contributed by atoms with van der Waals surface area (Å²) in [6, 6.07) is 7.57. The van der Waals surface area contributed by atoms with Crippen molar-refractivity contribution in [2.45, 2.75) is 33.4 Å². The highest BCUT2D eigenvalue weighted by Gasteiger charge is 2.04. The first-order chi connectivity index (χ1) is 11.5. The molecule has 2 N–H and O–H groups in total. The molecule has 1 heterocycles. The first-order valence-electron chi connectivity index (χ1n) is 7.89. The van der Waals surface area contributed by atoms with Gasteiger partial charge in [-0.1, -0.05) is 29.3 Å². The summed E-state index contributed by atoms with van der Waals surface area (Å²) in [7, 11) is 1.75. The van der Waals surface area contributed by atoms with Gasteiger partial charge >= 0.3 is 0 Å². The molecule has 0 fully saturated rings. The number of aryl methyl sites for hydroxylation is 3. The van der Waals surface area contributed by atoms with Gasteiger partial charge in [-0.25, -0.2) is 0 Å². The van der Waals surface area contributed by atoms with E-state index in [-0.39, 0.29) is 24.0 Å². The van der Waals surface area contributed by atoms with Gasteiger partial charge < -0.3 is 10.6 Å². The average Bonchev–Trinajstić information content (AvgIpc) is 2.86. The molecule has 2 rings (SSSR count). The fraction of sp³-hybridized carbons (Fsp3) is 0.412. The third-order valence-electron chi connectivity index (χ3n) is 3.63. The van der Waals surface area contributed by atoms with E-state index in [1.54, 1.807) is 13.1 Å². The zero-order valence-electron chi connectivity index (χ0n) is 14.6. The van der Waals surface area contributed by atoms with Crippen LogP contribution in [-0.4, -0.2) is 29.3 Å². The second-order valence-electron chi connectivity index (χ2n) is 5.59. The molecule has 0 spiro atoms. The fourth-order valence-electron chi connectivity index (χ4n) is 2.40. The number of nitrogens with one attached hydrogen (secondary N) is 2. The predicted molar refractivity (Wildman–Crippen MR) is 116 cm³/mol. The molecule has 0 saturated carbocycles. The Balaban J connectivity index is 0.00000312. The molecular formula is C17H24Cl2IN5. The summed E-state index contributed by atoms with van der Waals surface area (Å²) >= 11 is 12.1. The third kappa shape index (κ3) is 7.03. The van der Waals surface area contributed by atoms with Gasteiger partial charge in [0, 0.05) is 42.4 Å². The minimum Gasteiger partial charge on any atom is -0.356 e. The highest BCUT2D eigenvalue weighted by molar-refractivity contribution is 14.0. The molecule has 5 nitrogen and oxygen atoms in total. The van der Waals surface area contributed by atoms with Crippen LogP contribution in [0.1, 0.15) is 23.4 Å². The van der Waals surface area contributed by atoms with Crippen molar-refractivity contribution in [3.05, 3.63) is 51.3 Å². The molecule has 1 aromatic heterocycles. The summed E-state index contributed by atoms with van der Waals surface area (Å²) in [5.74, 6) is 0.745. The van der Waals surface area contributed by atoms with E-state index in [1.165, 1.54) is 5.69 Å². The van der Waals surface area contributed by atoms with Crippen LogP contribution in [0.3, 0.4) is 0 Å². The zero-order chi connectivity index (χ0) is 17.5. The van der Waals surface area contributed by atoms with Gasteiger partial charge in [-0.05, 0) is 44.0 Å². The van der Waals surface area contributed by atoms with E-state index in [0.717, 1.165) is 36.7 Å². The Morgan fingerprint density at radius 1 is 1.20 bits per heavy atom. The molecule has 1 aromatic carbocycles. The summed E-state index contributed by atoms with van der Waals surface area (Å²) in [5.41, 5.74) is 3.22. The lowest BCUT2D eigenvalue weighted by atomic mass is 10.2. The average molecular weight is 496 g/mol. The van der Waals surface area contributed by atoms with Gasteiger partial charge in [-0.3, -0.25) is 9.67 Å². The number of halogens is 3. The number of aliphatic imine (C=N–C) groups is 1. The molecule has 0 saturated heterocycles. The number of nitrogens with zero attached hydrogens (tertiary/aromatic N) is 3. The van der Waals surface area contributed by atoms with Crippen molar-refractivity contribution in [1.82, 2.24) is 20.4 Å². The first-order valence-corrected chi connectivity index (χ1v) is 8.64. The van der Waals surface area contributed by atoms with Gasteiger partial charge in [0.2, 0.25) is 0 Å². The van der Waals surface area contributed by atoms with Crippen LogP contribution in [0.5, 0.6) is 0 Å². The van der Waals surface area contributed by atoms with E-state index in [2.05, 4.69) is 33.7 Å². The standard InChI is InChI=1S/C17H23Cl2N5.HI/c1-12-9-13(2)24(23-12)8-4-7-21-17(20-3)22-11-14-5-6-15(18)10-16(14)19;/h5-6,9-10H,4,7-8,11H2,1-3H3,(H2,20,21,22);1H. The molecule has 0 radical (unpaired) electrons. The Hall–Kier alpha value is -0.990. The van der Waals surface area contributed by atoms with Crippen LogP contribution in [-0.2, 0) is 13.1 Å². The topological polar surface area (TPSA) is 54.2 Å². The maximum Gasteiger partial charge on any atom is 0.191 e. The molecule has 8 heteroatoms. The van der Waals surface area contributed by atoms with Gasteiger partial charge in [0.1, 0.15) is 0 Å². The Kier molecular flexibility index (Phi) is 9.60. The van der Waals surface area contributed by atoms with Crippen LogP contribution < -0.4 is 10.6 Å². The maximum absolute atomic E-state index is 6.17. The molecule has 2 aromatic rings. The van der Waals surface area contributed by atoms with E-state index in [9.17, 15) is 0 Å². The maximum atomic E-state index is 6.17.